The minimum Gasteiger partial charge on any atom is -0.399 e. The second-order valence-corrected chi connectivity index (χ2v) is 5.03. The van der Waals surface area contributed by atoms with Crippen molar-refractivity contribution in [3.63, 3.8) is 0 Å². The van der Waals surface area contributed by atoms with Crippen molar-refractivity contribution in [2.75, 3.05) is 25.4 Å². The van der Waals surface area contributed by atoms with Crippen molar-refractivity contribution in [2.24, 2.45) is 0 Å². The van der Waals surface area contributed by atoms with Crippen LogP contribution in [0.5, 0.6) is 0 Å². The topological polar surface area (TPSA) is 70.8 Å². The van der Waals surface area contributed by atoms with E-state index in [1.165, 1.54) is 25.9 Å². The van der Waals surface area contributed by atoms with Crippen LogP contribution >= 0.6 is 0 Å². The molecule has 0 atom stereocenters. The number of aromatic amines is 1. The average Bonchev–Trinajstić information content (AvgIpc) is 3.09. The van der Waals surface area contributed by atoms with Gasteiger partial charge in [0.15, 0.2) is 5.82 Å². The van der Waals surface area contributed by atoms with Crippen LogP contribution in [0.1, 0.15) is 18.7 Å². The third-order valence-electron chi connectivity index (χ3n) is 3.56. The largest absolute Gasteiger partial charge is 0.399 e. The Bertz CT molecular complexity index is 525. The molecule has 0 bridgehead atoms. The second-order valence-electron chi connectivity index (χ2n) is 5.03. The molecule has 1 aromatic heterocycles. The van der Waals surface area contributed by atoms with Crippen molar-refractivity contribution in [1.29, 1.82) is 0 Å². The van der Waals surface area contributed by atoms with Gasteiger partial charge < -0.3 is 10.6 Å². The molecule has 5 nitrogen and oxygen atoms in total. The summed E-state index contributed by atoms with van der Waals surface area (Å²) in [6.07, 6.45) is 3.59. The van der Waals surface area contributed by atoms with Crippen LogP contribution in [-0.2, 0) is 6.42 Å². The molecular formula is C14H19N5. The lowest BCUT2D eigenvalue weighted by Gasteiger charge is -2.12. The molecule has 0 unspecified atom stereocenters. The van der Waals surface area contributed by atoms with Crippen LogP contribution in [0.4, 0.5) is 5.69 Å². The van der Waals surface area contributed by atoms with E-state index < -0.39 is 0 Å². The summed E-state index contributed by atoms with van der Waals surface area (Å²) in [7, 11) is 0. The van der Waals surface area contributed by atoms with Gasteiger partial charge in [-0.15, -0.1) is 0 Å². The van der Waals surface area contributed by atoms with Gasteiger partial charge >= 0.3 is 0 Å². The summed E-state index contributed by atoms with van der Waals surface area (Å²) >= 11 is 0. The van der Waals surface area contributed by atoms with Gasteiger partial charge in [0.1, 0.15) is 5.82 Å². The summed E-state index contributed by atoms with van der Waals surface area (Å²) in [4.78, 5) is 7.01. The SMILES string of the molecule is Nc1ccc(-c2n[nH]c(CCN3CCCC3)n2)cc1. The zero-order valence-corrected chi connectivity index (χ0v) is 11.0. The van der Waals surface area contributed by atoms with E-state index in [0.29, 0.717) is 0 Å². The first-order valence-electron chi connectivity index (χ1n) is 6.81. The number of nitrogens with one attached hydrogen (secondary N) is 1. The highest BCUT2D eigenvalue weighted by molar-refractivity contribution is 5.58. The summed E-state index contributed by atoms with van der Waals surface area (Å²) in [5, 5.41) is 7.29. The molecule has 3 N–H and O–H groups in total. The molecule has 0 spiro atoms. The first-order chi connectivity index (χ1) is 9.31. The van der Waals surface area contributed by atoms with E-state index in [-0.39, 0.29) is 0 Å². The Morgan fingerprint density at radius 3 is 2.63 bits per heavy atom. The molecule has 1 aliphatic rings. The lowest BCUT2D eigenvalue weighted by molar-refractivity contribution is 0.341. The maximum absolute atomic E-state index is 5.67. The van der Waals surface area contributed by atoms with Crippen LogP contribution in [-0.4, -0.2) is 39.7 Å². The Morgan fingerprint density at radius 1 is 1.16 bits per heavy atom. The summed E-state index contributed by atoms with van der Waals surface area (Å²) in [6, 6.07) is 7.64. The minimum absolute atomic E-state index is 0.747. The summed E-state index contributed by atoms with van der Waals surface area (Å²) < 4.78 is 0. The number of nitrogens with zero attached hydrogens (tertiary/aromatic N) is 3. The van der Waals surface area contributed by atoms with Gasteiger partial charge in [0.2, 0.25) is 0 Å². The van der Waals surface area contributed by atoms with Crippen LogP contribution < -0.4 is 5.73 Å². The normalized spacial score (nSPS) is 16.0. The molecule has 0 amide bonds. The van der Waals surface area contributed by atoms with Gasteiger partial charge in [-0.05, 0) is 50.2 Å². The van der Waals surface area contributed by atoms with Crippen LogP contribution in [0.15, 0.2) is 24.3 Å². The van der Waals surface area contributed by atoms with Gasteiger partial charge in [-0.2, -0.15) is 5.10 Å². The molecule has 1 saturated heterocycles. The first-order valence-corrected chi connectivity index (χ1v) is 6.81. The number of anilines is 1. The van der Waals surface area contributed by atoms with Gasteiger partial charge in [-0.1, -0.05) is 0 Å². The highest BCUT2D eigenvalue weighted by Gasteiger charge is 2.12. The fourth-order valence-corrected chi connectivity index (χ4v) is 2.44. The van der Waals surface area contributed by atoms with E-state index >= 15 is 0 Å². The molecule has 1 fully saturated rings. The molecule has 5 heteroatoms. The van der Waals surface area contributed by atoms with Crippen LogP contribution in [0.3, 0.4) is 0 Å². The predicted octanol–water partition coefficient (Wildman–Crippen LogP) is 1.69. The maximum atomic E-state index is 5.67. The number of rotatable bonds is 4. The molecule has 2 heterocycles. The minimum atomic E-state index is 0.747. The Kier molecular flexibility index (Phi) is 3.46. The first kappa shape index (κ1) is 12.2. The Morgan fingerprint density at radius 2 is 1.89 bits per heavy atom. The molecule has 0 aliphatic carbocycles. The van der Waals surface area contributed by atoms with Gasteiger partial charge in [0.25, 0.3) is 0 Å². The van der Waals surface area contributed by atoms with Crippen molar-refractivity contribution in [2.45, 2.75) is 19.3 Å². The van der Waals surface area contributed by atoms with E-state index in [4.69, 9.17) is 5.73 Å². The monoisotopic (exact) mass is 257 g/mol. The molecule has 1 aromatic carbocycles. The Hall–Kier alpha value is -1.88. The fraction of sp³-hybridized carbons (Fsp3) is 0.429. The third kappa shape index (κ3) is 2.93. The van der Waals surface area contributed by atoms with Crippen LogP contribution in [0.25, 0.3) is 11.4 Å². The lowest BCUT2D eigenvalue weighted by Crippen LogP contribution is -2.22. The highest BCUT2D eigenvalue weighted by atomic mass is 15.2. The smallest absolute Gasteiger partial charge is 0.181 e. The molecule has 3 rings (SSSR count). The second kappa shape index (κ2) is 5.40. The van der Waals surface area contributed by atoms with E-state index in [1.54, 1.807) is 0 Å². The molecule has 0 saturated carbocycles. The summed E-state index contributed by atoms with van der Waals surface area (Å²) in [5.41, 5.74) is 7.43. The van der Waals surface area contributed by atoms with Gasteiger partial charge in [0, 0.05) is 24.2 Å². The van der Waals surface area contributed by atoms with Crippen LogP contribution in [0.2, 0.25) is 0 Å². The molecule has 100 valence electrons. The Labute approximate surface area is 112 Å². The molecule has 0 radical (unpaired) electrons. The van der Waals surface area contributed by atoms with Crippen molar-refractivity contribution in [3.05, 3.63) is 30.1 Å². The number of H-pyrrole nitrogens is 1. The van der Waals surface area contributed by atoms with E-state index in [0.717, 1.165) is 35.9 Å². The number of likely N-dealkylation sites (tertiary alicyclic amines) is 1. The zero-order valence-electron chi connectivity index (χ0n) is 11.0. The van der Waals surface area contributed by atoms with Gasteiger partial charge in [-0.25, -0.2) is 4.98 Å². The van der Waals surface area contributed by atoms with Crippen molar-refractivity contribution < 1.29 is 0 Å². The number of nitrogens with two attached hydrogens (primary N) is 1. The fourth-order valence-electron chi connectivity index (χ4n) is 2.44. The Balaban J connectivity index is 1.63. The number of aromatic nitrogens is 3. The zero-order chi connectivity index (χ0) is 13.1. The summed E-state index contributed by atoms with van der Waals surface area (Å²) in [5.74, 6) is 1.70. The lowest BCUT2D eigenvalue weighted by atomic mass is 10.2. The highest BCUT2D eigenvalue weighted by Crippen LogP contribution is 2.16. The predicted molar refractivity (Wildman–Crippen MR) is 75.6 cm³/mol. The van der Waals surface area contributed by atoms with Crippen molar-refractivity contribution in [1.82, 2.24) is 20.1 Å². The number of benzene rings is 1. The standard InChI is InChI=1S/C14H19N5/c15-12-5-3-11(4-6-12)14-16-13(17-18-14)7-10-19-8-1-2-9-19/h3-6H,1-2,7-10,15H2,(H,16,17,18). The maximum Gasteiger partial charge on any atom is 0.181 e. The third-order valence-corrected chi connectivity index (χ3v) is 3.56. The average molecular weight is 257 g/mol. The molecular weight excluding hydrogens is 238 g/mol. The quantitative estimate of drug-likeness (QED) is 0.818. The van der Waals surface area contributed by atoms with Crippen molar-refractivity contribution >= 4 is 5.69 Å². The number of hydrogen-bond donors (Lipinski definition) is 2. The van der Waals surface area contributed by atoms with Gasteiger partial charge in [0.05, 0.1) is 0 Å². The van der Waals surface area contributed by atoms with E-state index in [9.17, 15) is 0 Å². The van der Waals surface area contributed by atoms with Crippen LogP contribution in [0, 0.1) is 0 Å². The summed E-state index contributed by atoms with van der Waals surface area (Å²) in [6.45, 7) is 3.51. The number of nitrogen functional groups attached to an aromatic ring is 1. The van der Waals surface area contributed by atoms with E-state index in [1.807, 2.05) is 24.3 Å². The molecule has 2 aromatic rings. The number of hydrogen-bond acceptors (Lipinski definition) is 4. The molecule has 1 aliphatic heterocycles. The van der Waals surface area contributed by atoms with Gasteiger partial charge in [-0.3, -0.25) is 5.10 Å². The van der Waals surface area contributed by atoms with E-state index in [2.05, 4.69) is 20.1 Å². The van der Waals surface area contributed by atoms with Crippen molar-refractivity contribution in [3.8, 4) is 11.4 Å². The molecule has 19 heavy (non-hydrogen) atoms.